The molecule has 3 aromatic rings. The number of hydrogen-bond donors (Lipinski definition) is 1. The van der Waals surface area contributed by atoms with Crippen LogP contribution in [0.5, 0.6) is 0 Å². The van der Waals surface area contributed by atoms with Gasteiger partial charge in [0.2, 0.25) is 0 Å². The lowest BCUT2D eigenvalue weighted by atomic mass is 10.0. The van der Waals surface area contributed by atoms with Crippen LogP contribution in [-0.2, 0) is 19.5 Å². The third-order valence-electron chi connectivity index (χ3n) is 5.99. The van der Waals surface area contributed by atoms with Gasteiger partial charge in [0.25, 0.3) is 0 Å². The van der Waals surface area contributed by atoms with Crippen LogP contribution in [0.3, 0.4) is 0 Å². The smallest absolute Gasteiger partial charge is 0.199 e. The van der Waals surface area contributed by atoms with Crippen molar-refractivity contribution in [3.63, 3.8) is 0 Å². The van der Waals surface area contributed by atoms with Crippen LogP contribution in [-0.4, -0.2) is 21.4 Å². The molecule has 1 aromatic carbocycles. The van der Waals surface area contributed by atoms with E-state index in [1.165, 1.54) is 12.8 Å². The molecule has 1 saturated carbocycles. The van der Waals surface area contributed by atoms with Crippen LogP contribution < -0.4 is 11.2 Å². The summed E-state index contributed by atoms with van der Waals surface area (Å²) in [6, 6.07) is 3.79. The third-order valence-corrected chi connectivity index (χ3v) is 5.99. The Morgan fingerprint density at radius 1 is 1.25 bits per heavy atom. The van der Waals surface area contributed by atoms with Gasteiger partial charge in [-0.15, -0.1) is 0 Å². The van der Waals surface area contributed by atoms with E-state index in [-0.39, 0.29) is 11.3 Å². The van der Waals surface area contributed by atoms with Crippen molar-refractivity contribution in [2.75, 3.05) is 12.3 Å². The van der Waals surface area contributed by atoms with Gasteiger partial charge in [-0.3, -0.25) is 9.69 Å². The number of nitrogen functional groups attached to an aromatic ring is 1. The summed E-state index contributed by atoms with van der Waals surface area (Å²) in [6.45, 7) is 6.05. The molecule has 28 heavy (non-hydrogen) atoms. The molecule has 2 aliphatic rings. The first-order valence-electron chi connectivity index (χ1n) is 9.89. The summed E-state index contributed by atoms with van der Waals surface area (Å²) in [6.07, 6.45) is 5.25. The summed E-state index contributed by atoms with van der Waals surface area (Å²) in [4.78, 5) is 24.6. The molecule has 0 atom stereocenters. The Hall–Kier alpha value is -2.73. The zero-order valence-corrected chi connectivity index (χ0v) is 16.3. The van der Waals surface area contributed by atoms with E-state index in [9.17, 15) is 4.79 Å². The van der Waals surface area contributed by atoms with Crippen LogP contribution >= 0.6 is 0 Å². The predicted molar refractivity (Wildman–Crippen MR) is 108 cm³/mol. The van der Waals surface area contributed by atoms with Crippen LogP contribution in [0.15, 0.2) is 27.5 Å². The van der Waals surface area contributed by atoms with Gasteiger partial charge in [-0.25, -0.2) is 9.97 Å². The van der Waals surface area contributed by atoms with E-state index in [1.54, 1.807) is 0 Å². The number of hydrogen-bond acceptors (Lipinski definition) is 6. The molecule has 3 heterocycles. The van der Waals surface area contributed by atoms with Gasteiger partial charge >= 0.3 is 0 Å². The fourth-order valence-electron chi connectivity index (χ4n) is 3.94. The molecule has 6 heteroatoms. The molecule has 1 aliphatic carbocycles. The minimum Gasteiger partial charge on any atom is -0.440 e. The lowest BCUT2D eigenvalue weighted by Gasteiger charge is -2.28. The van der Waals surface area contributed by atoms with Gasteiger partial charge in [0, 0.05) is 49.4 Å². The molecule has 0 radical (unpaired) electrons. The van der Waals surface area contributed by atoms with E-state index in [4.69, 9.17) is 15.1 Å². The highest BCUT2D eigenvalue weighted by atomic mass is 16.3. The van der Waals surface area contributed by atoms with E-state index in [0.717, 1.165) is 47.7 Å². The largest absolute Gasteiger partial charge is 0.440 e. The van der Waals surface area contributed by atoms with E-state index in [2.05, 4.69) is 9.88 Å². The maximum absolute atomic E-state index is 13.1. The zero-order chi connectivity index (χ0) is 19.4. The second-order valence-electron chi connectivity index (χ2n) is 8.14. The monoisotopic (exact) mass is 376 g/mol. The van der Waals surface area contributed by atoms with E-state index in [0.29, 0.717) is 29.0 Å². The molecule has 144 valence electrons. The highest BCUT2D eigenvalue weighted by Crippen LogP contribution is 2.38. The van der Waals surface area contributed by atoms with Crippen molar-refractivity contribution in [2.45, 2.75) is 52.1 Å². The number of nitrogens with two attached hydrogens (primary N) is 1. The number of rotatable bonds is 3. The molecular weight excluding hydrogens is 352 g/mol. The molecule has 0 amide bonds. The summed E-state index contributed by atoms with van der Waals surface area (Å²) in [5.41, 5.74) is 11.6. The molecule has 0 spiro atoms. The van der Waals surface area contributed by atoms with E-state index < -0.39 is 0 Å². The van der Waals surface area contributed by atoms with E-state index >= 15 is 0 Å². The second kappa shape index (κ2) is 6.41. The van der Waals surface area contributed by atoms with Gasteiger partial charge in [-0.05, 0) is 49.9 Å². The predicted octanol–water partition coefficient (Wildman–Crippen LogP) is 3.22. The molecule has 5 rings (SSSR count). The van der Waals surface area contributed by atoms with Gasteiger partial charge in [-0.2, -0.15) is 0 Å². The van der Waals surface area contributed by atoms with Gasteiger partial charge in [0.1, 0.15) is 11.4 Å². The molecule has 2 aromatic heterocycles. The molecule has 0 saturated heterocycles. The first-order valence-corrected chi connectivity index (χ1v) is 9.89. The van der Waals surface area contributed by atoms with Crippen LogP contribution in [0.1, 0.15) is 52.5 Å². The molecule has 1 aliphatic heterocycles. The molecule has 0 unspecified atom stereocenters. The number of benzene rings is 1. The van der Waals surface area contributed by atoms with Crippen molar-refractivity contribution < 1.29 is 4.42 Å². The Morgan fingerprint density at radius 2 is 2.04 bits per heavy atom. The van der Waals surface area contributed by atoms with Crippen molar-refractivity contribution in [3.8, 4) is 0 Å². The summed E-state index contributed by atoms with van der Waals surface area (Å²) < 4.78 is 5.80. The van der Waals surface area contributed by atoms with Gasteiger partial charge < -0.3 is 10.2 Å². The quantitative estimate of drug-likeness (QED) is 0.755. The standard InChI is InChI=1S/C22H24N4O2/c1-12-7-16-19(8-13(12)2)28-21(23)17(20(16)27)11-26-6-5-18-15(10-26)9-24-22(25-18)14-3-4-14/h7-9,14H,3-6,10-11,23H2,1-2H3. The summed E-state index contributed by atoms with van der Waals surface area (Å²) >= 11 is 0. The first kappa shape index (κ1) is 17.4. The molecule has 2 N–H and O–H groups in total. The molecular formula is C22H24N4O2. The maximum Gasteiger partial charge on any atom is 0.199 e. The summed E-state index contributed by atoms with van der Waals surface area (Å²) in [7, 11) is 0. The fraction of sp³-hybridized carbons (Fsp3) is 0.409. The highest BCUT2D eigenvalue weighted by molar-refractivity contribution is 5.80. The van der Waals surface area contributed by atoms with Gasteiger partial charge in [0.05, 0.1) is 10.9 Å². The Kier molecular flexibility index (Phi) is 3.98. The average molecular weight is 376 g/mol. The van der Waals surface area contributed by atoms with Crippen molar-refractivity contribution >= 4 is 16.9 Å². The normalized spacial score (nSPS) is 17.1. The SMILES string of the molecule is Cc1cc2oc(N)c(CN3CCc4nc(C5CC5)ncc4C3)c(=O)c2cc1C. The summed E-state index contributed by atoms with van der Waals surface area (Å²) in [5, 5.41) is 0.599. The van der Waals surface area contributed by atoms with Crippen molar-refractivity contribution in [1.29, 1.82) is 0 Å². The molecule has 1 fully saturated rings. The number of aryl methyl sites for hydroxylation is 2. The van der Waals surface area contributed by atoms with Crippen molar-refractivity contribution in [3.05, 3.63) is 62.3 Å². The zero-order valence-electron chi connectivity index (χ0n) is 16.3. The average Bonchev–Trinajstić information content (AvgIpc) is 3.52. The maximum atomic E-state index is 13.1. The van der Waals surface area contributed by atoms with Crippen LogP contribution in [0.25, 0.3) is 11.0 Å². The Labute approximate surface area is 163 Å². The van der Waals surface area contributed by atoms with Crippen LogP contribution in [0.4, 0.5) is 5.88 Å². The third kappa shape index (κ3) is 2.98. The lowest BCUT2D eigenvalue weighted by molar-refractivity contribution is 0.241. The number of aromatic nitrogens is 2. The van der Waals surface area contributed by atoms with Crippen molar-refractivity contribution in [2.24, 2.45) is 0 Å². The topological polar surface area (TPSA) is 85.2 Å². The lowest BCUT2D eigenvalue weighted by Crippen LogP contribution is -2.33. The Morgan fingerprint density at radius 3 is 2.82 bits per heavy atom. The second-order valence-corrected chi connectivity index (χ2v) is 8.14. The summed E-state index contributed by atoms with van der Waals surface area (Å²) in [5.74, 6) is 1.78. The van der Waals surface area contributed by atoms with E-state index in [1.807, 2.05) is 32.2 Å². The Balaban J connectivity index is 1.44. The van der Waals surface area contributed by atoms with Crippen molar-refractivity contribution in [1.82, 2.24) is 14.9 Å². The molecule has 6 nitrogen and oxygen atoms in total. The first-order chi connectivity index (χ1) is 13.5. The number of fused-ring (bicyclic) bond motifs is 2. The molecule has 0 bridgehead atoms. The van der Waals surface area contributed by atoms with Gasteiger partial charge in [-0.1, -0.05) is 0 Å². The van der Waals surface area contributed by atoms with Gasteiger partial charge in [0.15, 0.2) is 11.3 Å². The minimum absolute atomic E-state index is 0.0343. The number of anilines is 1. The minimum atomic E-state index is -0.0343. The van der Waals surface area contributed by atoms with Crippen LogP contribution in [0.2, 0.25) is 0 Å². The van der Waals surface area contributed by atoms with Crippen LogP contribution in [0, 0.1) is 13.8 Å². The number of nitrogens with zero attached hydrogens (tertiary/aromatic N) is 3. The highest BCUT2D eigenvalue weighted by Gasteiger charge is 2.28. The fourth-order valence-corrected chi connectivity index (χ4v) is 3.94. The Bertz CT molecular complexity index is 1150.